The van der Waals surface area contributed by atoms with Gasteiger partial charge in [0.2, 0.25) is 0 Å². The molecule has 2 aromatic heterocycles. The first kappa shape index (κ1) is 14.0. The number of hydrogen-bond donors (Lipinski definition) is 0. The minimum Gasteiger partial charge on any atom is -0.465 e. The molecule has 0 bridgehead atoms. The van der Waals surface area contributed by atoms with E-state index in [4.69, 9.17) is 4.74 Å². The van der Waals surface area contributed by atoms with Crippen LogP contribution < -0.4 is 0 Å². The maximum absolute atomic E-state index is 12.7. The summed E-state index contributed by atoms with van der Waals surface area (Å²) in [5, 5.41) is 8.39. The van der Waals surface area contributed by atoms with E-state index in [0.717, 1.165) is 38.5 Å². The van der Waals surface area contributed by atoms with E-state index in [0.29, 0.717) is 18.2 Å². The smallest absolute Gasteiger partial charge is 0.319 e. The van der Waals surface area contributed by atoms with Gasteiger partial charge in [0.1, 0.15) is 5.41 Å². The molecule has 1 aliphatic rings. The van der Waals surface area contributed by atoms with E-state index in [-0.39, 0.29) is 5.97 Å². The fourth-order valence-corrected chi connectivity index (χ4v) is 3.19. The fraction of sp³-hybridized carbons (Fsp3) is 0.600. The van der Waals surface area contributed by atoms with Crippen molar-refractivity contribution in [1.29, 1.82) is 0 Å². The maximum atomic E-state index is 12.7. The lowest BCUT2D eigenvalue weighted by Crippen LogP contribution is -2.39. The Labute approximate surface area is 123 Å². The largest absolute Gasteiger partial charge is 0.465 e. The summed E-state index contributed by atoms with van der Waals surface area (Å²) >= 11 is 0. The highest BCUT2D eigenvalue weighted by molar-refractivity contribution is 5.82. The number of ether oxygens (including phenoxy) is 1. The Morgan fingerprint density at radius 1 is 1.29 bits per heavy atom. The predicted octanol–water partition coefficient (Wildman–Crippen LogP) is 2.28. The average molecular weight is 288 g/mol. The molecule has 0 atom stereocenters. The van der Waals surface area contributed by atoms with Crippen LogP contribution in [0.5, 0.6) is 0 Å². The highest BCUT2D eigenvalue weighted by Gasteiger charge is 2.45. The zero-order chi connectivity index (χ0) is 14.7. The molecule has 2 heterocycles. The van der Waals surface area contributed by atoms with Crippen LogP contribution in [0.3, 0.4) is 0 Å². The van der Waals surface area contributed by atoms with Crippen molar-refractivity contribution in [1.82, 2.24) is 19.6 Å². The molecule has 0 amide bonds. The zero-order valence-electron chi connectivity index (χ0n) is 12.3. The second-order valence-electron chi connectivity index (χ2n) is 5.53. The van der Waals surface area contributed by atoms with Crippen LogP contribution in [0.4, 0.5) is 0 Å². The third-order valence-electron chi connectivity index (χ3n) is 4.24. The van der Waals surface area contributed by atoms with Crippen molar-refractivity contribution >= 4 is 11.7 Å². The van der Waals surface area contributed by atoms with Gasteiger partial charge in [0.15, 0.2) is 5.82 Å². The van der Waals surface area contributed by atoms with E-state index in [1.165, 1.54) is 0 Å². The standard InChI is InChI=1S/C15H20N4O2/c1-2-21-13(20)15(8-5-3-4-6-9-15)12-17-18-14-16-10-7-11-19(12)14/h7,10-11H,2-6,8-9H2,1H3. The molecule has 1 aliphatic carbocycles. The number of fused-ring (bicyclic) bond motifs is 1. The summed E-state index contributed by atoms with van der Waals surface area (Å²) < 4.78 is 7.19. The van der Waals surface area contributed by atoms with E-state index in [1.54, 1.807) is 6.20 Å². The van der Waals surface area contributed by atoms with Crippen LogP contribution in [0.1, 0.15) is 51.3 Å². The monoisotopic (exact) mass is 288 g/mol. The molecule has 3 rings (SSSR count). The third kappa shape index (κ3) is 2.39. The first-order valence-corrected chi connectivity index (χ1v) is 7.61. The molecule has 1 fully saturated rings. The Kier molecular flexibility index (Phi) is 3.86. The molecule has 0 aliphatic heterocycles. The summed E-state index contributed by atoms with van der Waals surface area (Å²) in [6, 6.07) is 1.83. The summed E-state index contributed by atoms with van der Waals surface area (Å²) in [5.41, 5.74) is -0.686. The van der Waals surface area contributed by atoms with Crippen molar-refractivity contribution in [2.45, 2.75) is 50.9 Å². The molecule has 0 aromatic carbocycles. The predicted molar refractivity (Wildman–Crippen MR) is 76.8 cm³/mol. The molecule has 6 nitrogen and oxygen atoms in total. The number of carbonyl (C=O) groups excluding carboxylic acids is 1. The molecule has 0 spiro atoms. The molecular formula is C15H20N4O2. The second kappa shape index (κ2) is 5.79. The van der Waals surface area contributed by atoms with Crippen LogP contribution in [0.2, 0.25) is 0 Å². The number of esters is 1. The topological polar surface area (TPSA) is 69.4 Å². The van der Waals surface area contributed by atoms with Crippen molar-refractivity contribution in [2.24, 2.45) is 0 Å². The van der Waals surface area contributed by atoms with Crippen LogP contribution in [0.25, 0.3) is 5.78 Å². The Balaban J connectivity index is 2.11. The molecule has 0 N–H and O–H groups in total. The molecule has 1 saturated carbocycles. The lowest BCUT2D eigenvalue weighted by Gasteiger charge is -2.28. The highest BCUT2D eigenvalue weighted by Crippen LogP contribution is 2.38. The van der Waals surface area contributed by atoms with Gasteiger partial charge in [-0.3, -0.25) is 9.20 Å². The molecular weight excluding hydrogens is 268 g/mol. The molecule has 0 unspecified atom stereocenters. The van der Waals surface area contributed by atoms with Crippen LogP contribution in [0.15, 0.2) is 18.5 Å². The quantitative estimate of drug-likeness (QED) is 0.640. The molecule has 0 radical (unpaired) electrons. The van der Waals surface area contributed by atoms with Gasteiger partial charge in [-0.1, -0.05) is 25.7 Å². The average Bonchev–Trinajstić information content (AvgIpc) is 2.78. The van der Waals surface area contributed by atoms with E-state index in [2.05, 4.69) is 15.2 Å². The number of nitrogens with zero attached hydrogens (tertiary/aromatic N) is 4. The molecule has 0 saturated heterocycles. The number of carbonyl (C=O) groups is 1. The maximum Gasteiger partial charge on any atom is 0.319 e. The lowest BCUT2D eigenvalue weighted by atomic mass is 9.79. The van der Waals surface area contributed by atoms with Crippen molar-refractivity contribution in [3.63, 3.8) is 0 Å². The van der Waals surface area contributed by atoms with E-state index < -0.39 is 5.41 Å². The van der Waals surface area contributed by atoms with Gasteiger partial charge in [0, 0.05) is 12.4 Å². The summed E-state index contributed by atoms with van der Waals surface area (Å²) in [7, 11) is 0. The normalized spacial score (nSPS) is 18.3. The van der Waals surface area contributed by atoms with Gasteiger partial charge in [0.25, 0.3) is 5.78 Å². The van der Waals surface area contributed by atoms with Gasteiger partial charge in [-0.2, -0.15) is 0 Å². The van der Waals surface area contributed by atoms with Gasteiger partial charge in [-0.15, -0.1) is 10.2 Å². The number of hydrogen-bond acceptors (Lipinski definition) is 5. The summed E-state index contributed by atoms with van der Waals surface area (Å²) in [5.74, 6) is 1.02. The lowest BCUT2D eigenvalue weighted by molar-refractivity contribution is -0.151. The highest BCUT2D eigenvalue weighted by atomic mass is 16.5. The Bertz CT molecular complexity index is 629. The minimum atomic E-state index is -0.686. The van der Waals surface area contributed by atoms with Crippen LogP contribution in [0, 0.1) is 0 Å². The number of aromatic nitrogens is 4. The molecule has 2 aromatic rings. The minimum absolute atomic E-state index is 0.176. The number of rotatable bonds is 3. The Morgan fingerprint density at radius 2 is 2.05 bits per heavy atom. The Hall–Kier alpha value is -1.98. The van der Waals surface area contributed by atoms with Crippen LogP contribution >= 0.6 is 0 Å². The molecule has 21 heavy (non-hydrogen) atoms. The third-order valence-corrected chi connectivity index (χ3v) is 4.24. The second-order valence-corrected chi connectivity index (χ2v) is 5.53. The summed E-state index contributed by atoms with van der Waals surface area (Å²) in [6.45, 7) is 2.22. The zero-order valence-corrected chi connectivity index (χ0v) is 12.3. The van der Waals surface area contributed by atoms with Gasteiger partial charge >= 0.3 is 5.97 Å². The van der Waals surface area contributed by atoms with Crippen LogP contribution in [-0.4, -0.2) is 32.2 Å². The van der Waals surface area contributed by atoms with Gasteiger partial charge in [-0.25, -0.2) is 4.98 Å². The SMILES string of the molecule is CCOC(=O)C1(c2nnc3ncccn23)CCCCCC1. The van der Waals surface area contributed by atoms with Crippen molar-refractivity contribution in [3.05, 3.63) is 24.3 Å². The molecule has 6 heteroatoms. The summed E-state index contributed by atoms with van der Waals surface area (Å²) in [6.07, 6.45) is 9.39. The first-order chi connectivity index (χ1) is 10.3. The van der Waals surface area contributed by atoms with E-state index in [9.17, 15) is 4.79 Å². The van der Waals surface area contributed by atoms with E-state index in [1.807, 2.05) is 23.6 Å². The van der Waals surface area contributed by atoms with Gasteiger partial charge in [-0.05, 0) is 25.8 Å². The van der Waals surface area contributed by atoms with Crippen LogP contribution in [-0.2, 0) is 14.9 Å². The van der Waals surface area contributed by atoms with Crippen molar-refractivity contribution in [2.75, 3.05) is 6.61 Å². The van der Waals surface area contributed by atoms with Crippen molar-refractivity contribution < 1.29 is 9.53 Å². The Morgan fingerprint density at radius 3 is 2.76 bits per heavy atom. The van der Waals surface area contributed by atoms with Gasteiger partial charge in [0.05, 0.1) is 6.61 Å². The first-order valence-electron chi connectivity index (χ1n) is 7.61. The van der Waals surface area contributed by atoms with E-state index >= 15 is 0 Å². The fourth-order valence-electron chi connectivity index (χ4n) is 3.19. The van der Waals surface area contributed by atoms with Gasteiger partial charge < -0.3 is 4.74 Å². The molecule has 112 valence electrons. The van der Waals surface area contributed by atoms with Crippen molar-refractivity contribution in [3.8, 4) is 0 Å². The summed E-state index contributed by atoms with van der Waals surface area (Å²) in [4.78, 5) is 16.9.